The molecule has 7 heteroatoms. The number of aromatic nitrogens is 1. The van der Waals surface area contributed by atoms with Crippen LogP contribution in [0.3, 0.4) is 0 Å². The lowest BCUT2D eigenvalue weighted by atomic mass is 9.86. The van der Waals surface area contributed by atoms with E-state index in [9.17, 15) is 13.2 Å². The van der Waals surface area contributed by atoms with E-state index in [1.807, 2.05) is 18.2 Å². The first-order valence-corrected chi connectivity index (χ1v) is 11.2. The van der Waals surface area contributed by atoms with Gasteiger partial charge < -0.3 is 4.98 Å². The highest BCUT2D eigenvalue weighted by Crippen LogP contribution is 2.27. The predicted molar refractivity (Wildman–Crippen MR) is 114 cm³/mol. The van der Waals surface area contributed by atoms with Crippen LogP contribution in [0.4, 0.5) is 0 Å². The fourth-order valence-electron chi connectivity index (χ4n) is 3.24. The minimum absolute atomic E-state index is 0.0284. The van der Waals surface area contributed by atoms with Crippen LogP contribution in [-0.2, 0) is 15.4 Å². The van der Waals surface area contributed by atoms with Crippen LogP contribution in [0.25, 0.3) is 5.57 Å². The summed E-state index contributed by atoms with van der Waals surface area (Å²) in [4.78, 5) is 14.8. The zero-order chi connectivity index (χ0) is 20.5. The third-order valence-electron chi connectivity index (χ3n) is 4.92. The summed E-state index contributed by atoms with van der Waals surface area (Å²) in [6.07, 6.45) is 2.50. The first-order chi connectivity index (χ1) is 13.1. The van der Waals surface area contributed by atoms with Crippen molar-refractivity contribution in [3.05, 3.63) is 74.7 Å². The summed E-state index contributed by atoms with van der Waals surface area (Å²) in [6.45, 7) is 7.23. The van der Waals surface area contributed by atoms with Crippen molar-refractivity contribution in [1.29, 1.82) is 0 Å². The molecule has 1 aromatic carbocycles. The normalized spacial score (nSPS) is 17.8. The van der Waals surface area contributed by atoms with Crippen molar-refractivity contribution in [1.82, 2.24) is 9.29 Å². The molecule has 1 N–H and O–H groups in total. The van der Waals surface area contributed by atoms with E-state index in [4.69, 9.17) is 11.6 Å². The van der Waals surface area contributed by atoms with E-state index in [-0.39, 0.29) is 28.3 Å². The highest BCUT2D eigenvalue weighted by atomic mass is 35.5. The molecule has 1 aromatic heterocycles. The molecule has 0 bridgehead atoms. The highest BCUT2D eigenvalue weighted by molar-refractivity contribution is 7.89. The summed E-state index contributed by atoms with van der Waals surface area (Å²) < 4.78 is 25.7. The number of sulfonamides is 1. The Kier molecular flexibility index (Phi) is 5.84. The number of nitrogens with one attached hydrogen (secondary N) is 1. The van der Waals surface area contributed by atoms with Gasteiger partial charge in [0, 0.05) is 24.4 Å². The lowest BCUT2D eigenvalue weighted by Gasteiger charge is -2.20. The third kappa shape index (κ3) is 4.57. The second-order valence-electron chi connectivity index (χ2n) is 8.02. The molecule has 0 spiro atoms. The quantitative estimate of drug-likeness (QED) is 0.817. The van der Waals surface area contributed by atoms with Crippen molar-refractivity contribution in [3.63, 3.8) is 0 Å². The summed E-state index contributed by atoms with van der Waals surface area (Å²) >= 11 is 5.87. The summed E-state index contributed by atoms with van der Waals surface area (Å²) in [5.74, 6) is 0.189. The molecular formula is C21H25ClN2O3S. The predicted octanol–water partition coefficient (Wildman–Crippen LogP) is 3.79. The number of nitrogens with zero attached hydrogens (tertiary/aromatic N) is 1. The fourth-order valence-corrected chi connectivity index (χ4v) is 4.81. The van der Waals surface area contributed by atoms with Crippen LogP contribution in [-0.4, -0.2) is 36.5 Å². The highest BCUT2D eigenvalue weighted by Gasteiger charge is 2.27. The first-order valence-electron chi connectivity index (χ1n) is 9.26. The number of halogens is 1. The first kappa shape index (κ1) is 20.8. The topological polar surface area (TPSA) is 70.2 Å². The number of rotatable bonds is 4. The van der Waals surface area contributed by atoms with Gasteiger partial charge in [-0.3, -0.25) is 4.79 Å². The third-order valence-corrected chi connectivity index (χ3v) is 7.14. The zero-order valence-electron chi connectivity index (χ0n) is 16.3. The second-order valence-corrected chi connectivity index (χ2v) is 10.5. The summed E-state index contributed by atoms with van der Waals surface area (Å²) in [7, 11) is -3.19. The van der Waals surface area contributed by atoms with Crippen molar-refractivity contribution in [2.24, 2.45) is 0 Å². The largest absolute Gasteiger partial charge is 0.321 e. The van der Waals surface area contributed by atoms with Crippen LogP contribution in [0.15, 0.2) is 47.3 Å². The molecule has 5 nitrogen and oxygen atoms in total. The maximum Gasteiger partial charge on any atom is 0.267 e. The monoisotopic (exact) mass is 420 g/mol. The van der Waals surface area contributed by atoms with Gasteiger partial charge in [0.1, 0.15) is 5.02 Å². The number of aromatic amines is 1. The van der Waals surface area contributed by atoms with E-state index in [0.717, 1.165) is 11.1 Å². The minimum atomic E-state index is -3.19. The Hall–Kier alpha value is -1.89. The van der Waals surface area contributed by atoms with Gasteiger partial charge in [-0.25, -0.2) is 8.42 Å². The molecule has 1 saturated heterocycles. The summed E-state index contributed by atoms with van der Waals surface area (Å²) in [5.41, 5.74) is 3.14. The number of benzene rings is 1. The van der Waals surface area contributed by atoms with Crippen molar-refractivity contribution >= 4 is 27.2 Å². The molecule has 0 atom stereocenters. The van der Waals surface area contributed by atoms with Crippen molar-refractivity contribution in [2.45, 2.75) is 32.6 Å². The van der Waals surface area contributed by atoms with Gasteiger partial charge in [0.15, 0.2) is 0 Å². The summed E-state index contributed by atoms with van der Waals surface area (Å²) in [6, 6.07) is 11.4. The van der Waals surface area contributed by atoms with E-state index < -0.39 is 10.0 Å². The molecule has 0 radical (unpaired) electrons. The van der Waals surface area contributed by atoms with Crippen LogP contribution in [0.2, 0.25) is 5.02 Å². The standard InChI is InChI=1S/C21H25ClN2O3S/c1-21(2,3)16-7-5-15(6-8-16)17(19-10-9-18(22)20(25)23-19)11-13-24-12-4-14-28(24,26)27/h5-11H,4,12-14H2,1-3H3,(H,23,25)/b17-11+. The number of pyridine rings is 1. The van der Waals surface area contributed by atoms with Gasteiger partial charge >= 0.3 is 0 Å². The van der Waals surface area contributed by atoms with Crippen LogP contribution >= 0.6 is 11.6 Å². The molecule has 3 rings (SSSR count). The molecule has 150 valence electrons. The van der Waals surface area contributed by atoms with Gasteiger partial charge in [-0.05, 0) is 35.1 Å². The van der Waals surface area contributed by atoms with Gasteiger partial charge in [0.05, 0.1) is 5.75 Å². The molecule has 0 amide bonds. The molecule has 0 unspecified atom stereocenters. The summed E-state index contributed by atoms with van der Waals surface area (Å²) in [5, 5.41) is 0.119. The SMILES string of the molecule is CC(C)(C)c1ccc(/C(=C\CN2CCCS2(=O)=O)c2ccc(Cl)c(=O)[nH]2)cc1. The van der Waals surface area contributed by atoms with Crippen LogP contribution in [0.5, 0.6) is 0 Å². The smallest absolute Gasteiger partial charge is 0.267 e. The number of hydrogen-bond acceptors (Lipinski definition) is 3. The Morgan fingerprint density at radius 3 is 2.39 bits per heavy atom. The van der Waals surface area contributed by atoms with Gasteiger partial charge in [0.2, 0.25) is 10.0 Å². The van der Waals surface area contributed by atoms with Crippen LogP contribution in [0.1, 0.15) is 44.0 Å². The number of hydrogen-bond donors (Lipinski definition) is 1. The maximum atomic E-state index is 12.1. The Balaban J connectivity index is 2.02. The van der Waals surface area contributed by atoms with E-state index in [1.165, 1.54) is 9.87 Å². The van der Waals surface area contributed by atoms with Crippen molar-refractivity contribution in [3.8, 4) is 0 Å². The molecule has 1 aliphatic heterocycles. The average molecular weight is 421 g/mol. The average Bonchev–Trinajstić information content (AvgIpc) is 2.96. The van der Waals surface area contributed by atoms with Crippen LogP contribution in [0, 0.1) is 0 Å². The van der Waals surface area contributed by atoms with Gasteiger partial charge in [-0.15, -0.1) is 0 Å². The van der Waals surface area contributed by atoms with Crippen LogP contribution < -0.4 is 5.56 Å². The fraction of sp³-hybridized carbons (Fsp3) is 0.381. The molecule has 2 heterocycles. The van der Waals surface area contributed by atoms with E-state index >= 15 is 0 Å². The van der Waals surface area contributed by atoms with Gasteiger partial charge in [-0.2, -0.15) is 4.31 Å². The van der Waals surface area contributed by atoms with Gasteiger partial charge in [-0.1, -0.05) is 62.7 Å². The van der Waals surface area contributed by atoms with E-state index in [0.29, 0.717) is 18.7 Å². The Labute approximate surface area is 171 Å². The maximum absolute atomic E-state index is 12.1. The van der Waals surface area contributed by atoms with E-state index in [1.54, 1.807) is 12.1 Å². The Morgan fingerprint density at radius 2 is 1.86 bits per heavy atom. The zero-order valence-corrected chi connectivity index (χ0v) is 17.9. The van der Waals surface area contributed by atoms with Crippen molar-refractivity contribution in [2.75, 3.05) is 18.8 Å². The lowest BCUT2D eigenvalue weighted by molar-refractivity contribution is 0.479. The molecule has 28 heavy (non-hydrogen) atoms. The Morgan fingerprint density at radius 1 is 1.18 bits per heavy atom. The molecule has 2 aromatic rings. The number of H-pyrrole nitrogens is 1. The second kappa shape index (κ2) is 7.85. The minimum Gasteiger partial charge on any atom is -0.321 e. The molecule has 1 aliphatic rings. The van der Waals surface area contributed by atoms with Gasteiger partial charge in [0.25, 0.3) is 5.56 Å². The molecular weight excluding hydrogens is 396 g/mol. The molecule has 1 fully saturated rings. The lowest BCUT2D eigenvalue weighted by Crippen LogP contribution is -2.26. The molecule has 0 saturated carbocycles. The Bertz CT molecular complexity index is 1050. The van der Waals surface area contributed by atoms with Crippen molar-refractivity contribution < 1.29 is 8.42 Å². The van der Waals surface area contributed by atoms with E-state index in [2.05, 4.69) is 37.9 Å². The molecule has 0 aliphatic carbocycles.